The van der Waals surface area contributed by atoms with Crippen LogP contribution in [0.25, 0.3) is 0 Å². The highest BCUT2D eigenvalue weighted by Crippen LogP contribution is 2.41. The molecule has 2 aromatic rings. The molecule has 0 saturated heterocycles. The van der Waals surface area contributed by atoms with Gasteiger partial charge in [-0.25, -0.2) is 17.2 Å². The van der Waals surface area contributed by atoms with Gasteiger partial charge < -0.3 is 14.8 Å². The van der Waals surface area contributed by atoms with Crippen LogP contribution in [0.3, 0.4) is 0 Å². The highest BCUT2D eigenvalue weighted by Gasteiger charge is 2.37. The molecule has 3 rings (SSSR count). The third kappa shape index (κ3) is 4.95. The topological polar surface area (TPSA) is 84.9 Å². The number of methoxy groups -OCH3 is 1. The highest BCUT2D eigenvalue weighted by atomic mass is 32.2. The molecule has 7 nitrogen and oxygen atoms in total. The first-order chi connectivity index (χ1) is 14.8. The Morgan fingerprint density at radius 3 is 2.50 bits per heavy atom. The Bertz CT molecular complexity index is 1140. The average molecular weight is 469 g/mol. The minimum absolute atomic E-state index is 0.150. The number of anilines is 1. The van der Waals surface area contributed by atoms with Crippen molar-refractivity contribution < 1.29 is 31.5 Å². The van der Waals surface area contributed by atoms with Crippen LogP contribution in [0.15, 0.2) is 36.4 Å². The van der Waals surface area contributed by atoms with Crippen molar-refractivity contribution in [3.8, 4) is 11.5 Å². The smallest absolute Gasteiger partial charge is 0.244 e. The van der Waals surface area contributed by atoms with Gasteiger partial charge in [0.2, 0.25) is 15.9 Å². The monoisotopic (exact) mass is 468 g/mol. The maximum atomic E-state index is 13.8. The van der Waals surface area contributed by atoms with Gasteiger partial charge in [0.05, 0.1) is 25.1 Å². The van der Waals surface area contributed by atoms with E-state index < -0.39 is 45.2 Å². The summed E-state index contributed by atoms with van der Waals surface area (Å²) in [6, 6.07) is 6.22. The Balaban J connectivity index is 1.93. The number of nitrogens with zero attached hydrogens (tertiary/aromatic N) is 1. The first-order valence-corrected chi connectivity index (χ1v) is 11.8. The van der Waals surface area contributed by atoms with Crippen molar-refractivity contribution in [1.82, 2.24) is 5.32 Å². The number of nitrogens with one attached hydrogen (secondary N) is 1. The van der Waals surface area contributed by atoms with E-state index in [2.05, 4.69) is 5.32 Å². The SMILES string of the molecule is COc1ccc2c(c1)[C@@H](NC(=O)[C@@H](C)N(c1ccc(F)c(F)c1)S(C)(=O)=O)CC(C)(C)O2. The fourth-order valence-electron chi connectivity index (χ4n) is 3.81. The Kier molecular flexibility index (Phi) is 6.37. The lowest BCUT2D eigenvalue weighted by atomic mass is 9.89. The molecule has 1 heterocycles. The largest absolute Gasteiger partial charge is 0.497 e. The zero-order valence-electron chi connectivity index (χ0n) is 18.5. The van der Waals surface area contributed by atoms with Gasteiger partial charge in [0, 0.05) is 18.1 Å². The summed E-state index contributed by atoms with van der Waals surface area (Å²) in [4.78, 5) is 13.1. The molecule has 1 aliphatic rings. The van der Waals surface area contributed by atoms with E-state index in [4.69, 9.17) is 9.47 Å². The van der Waals surface area contributed by atoms with E-state index >= 15 is 0 Å². The van der Waals surface area contributed by atoms with Gasteiger partial charge in [0.15, 0.2) is 11.6 Å². The van der Waals surface area contributed by atoms with Crippen LogP contribution in [-0.4, -0.2) is 39.3 Å². The van der Waals surface area contributed by atoms with Gasteiger partial charge in [-0.2, -0.15) is 0 Å². The van der Waals surface area contributed by atoms with Crippen molar-refractivity contribution >= 4 is 21.6 Å². The number of ether oxygens (including phenoxy) is 2. The molecule has 0 spiro atoms. The molecule has 10 heteroatoms. The molecule has 32 heavy (non-hydrogen) atoms. The molecule has 1 amide bonds. The number of hydrogen-bond donors (Lipinski definition) is 1. The first-order valence-electron chi connectivity index (χ1n) is 9.94. The molecule has 0 saturated carbocycles. The van der Waals surface area contributed by atoms with Crippen molar-refractivity contribution in [2.24, 2.45) is 0 Å². The second-order valence-corrected chi connectivity index (χ2v) is 10.2. The normalized spacial score (nSPS) is 18.2. The highest BCUT2D eigenvalue weighted by molar-refractivity contribution is 7.92. The zero-order chi connectivity index (χ0) is 23.8. The Labute approximate surface area is 186 Å². The summed E-state index contributed by atoms with van der Waals surface area (Å²) in [5, 5.41) is 2.88. The molecule has 0 bridgehead atoms. The molecular formula is C22H26F2N2O5S. The summed E-state index contributed by atoms with van der Waals surface area (Å²) in [5.74, 6) is -1.76. The van der Waals surface area contributed by atoms with Gasteiger partial charge in [-0.15, -0.1) is 0 Å². The molecule has 174 valence electrons. The van der Waals surface area contributed by atoms with Crippen LogP contribution in [0.5, 0.6) is 11.5 Å². The van der Waals surface area contributed by atoms with Crippen molar-refractivity contribution in [3.05, 3.63) is 53.6 Å². The van der Waals surface area contributed by atoms with Crippen LogP contribution < -0.4 is 19.1 Å². The fourth-order valence-corrected chi connectivity index (χ4v) is 4.98. The number of rotatable bonds is 6. The van der Waals surface area contributed by atoms with E-state index in [0.717, 1.165) is 28.8 Å². The Morgan fingerprint density at radius 1 is 1.22 bits per heavy atom. The van der Waals surface area contributed by atoms with Crippen molar-refractivity contribution in [2.75, 3.05) is 17.7 Å². The lowest BCUT2D eigenvalue weighted by Crippen LogP contribution is -2.50. The van der Waals surface area contributed by atoms with E-state index in [1.54, 1.807) is 18.2 Å². The van der Waals surface area contributed by atoms with Crippen LogP contribution in [0.1, 0.15) is 38.8 Å². The van der Waals surface area contributed by atoms with Crippen LogP contribution in [0.4, 0.5) is 14.5 Å². The minimum Gasteiger partial charge on any atom is -0.497 e. The lowest BCUT2D eigenvalue weighted by molar-refractivity contribution is -0.123. The van der Waals surface area contributed by atoms with E-state index in [0.29, 0.717) is 23.5 Å². The number of fused-ring (bicyclic) bond motifs is 1. The number of hydrogen-bond acceptors (Lipinski definition) is 5. The third-order valence-corrected chi connectivity index (χ3v) is 6.48. The van der Waals surface area contributed by atoms with Crippen molar-refractivity contribution in [2.45, 2.75) is 44.9 Å². The van der Waals surface area contributed by atoms with Gasteiger partial charge in [-0.3, -0.25) is 9.10 Å². The Morgan fingerprint density at radius 2 is 1.91 bits per heavy atom. The van der Waals surface area contributed by atoms with Crippen molar-refractivity contribution in [3.63, 3.8) is 0 Å². The molecule has 1 aliphatic heterocycles. The number of carbonyl (C=O) groups is 1. The van der Waals surface area contributed by atoms with Gasteiger partial charge in [0.25, 0.3) is 0 Å². The third-order valence-electron chi connectivity index (χ3n) is 5.24. The van der Waals surface area contributed by atoms with Crippen molar-refractivity contribution in [1.29, 1.82) is 0 Å². The molecule has 0 unspecified atom stereocenters. The summed E-state index contributed by atoms with van der Waals surface area (Å²) >= 11 is 0. The second kappa shape index (κ2) is 8.57. The maximum Gasteiger partial charge on any atom is 0.244 e. The minimum atomic E-state index is -3.99. The van der Waals surface area contributed by atoms with Gasteiger partial charge in [-0.1, -0.05) is 0 Å². The van der Waals surface area contributed by atoms with Crippen LogP contribution in [-0.2, 0) is 14.8 Å². The standard InChI is InChI=1S/C22H26F2N2O5S/c1-13(26(32(5,28)29)14-6-8-17(23)18(24)10-14)21(27)25-19-12-22(2,3)31-20-9-7-15(30-4)11-16(19)20/h6-11,13,19H,12H2,1-5H3,(H,25,27)/t13-,19+/m1/s1. The maximum absolute atomic E-state index is 13.8. The first kappa shape index (κ1) is 23.8. The quantitative estimate of drug-likeness (QED) is 0.701. The predicted molar refractivity (Wildman–Crippen MR) is 116 cm³/mol. The summed E-state index contributed by atoms with van der Waals surface area (Å²) in [7, 11) is -2.46. The van der Waals surface area contributed by atoms with Gasteiger partial charge >= 0.3 is 0 Å². The zero-order valence-corrected chi connectivity index (χ0v) is 19.3. The lowest BCUT2D eigenvalue weighted by Gasteiger charge is -2.39. The summed E-state index contributed by atoms with van der Waals surface area (Å²) in [6.45, 7) is 5.15. The van der Waals surface area contributed by atoms with E-state index in [-0.39, 0.29) is 5.69 Å². The number of sulfonamides is 1. The number of halogens is 2. The molecule has 0 fully saturated rings. The van der Waals surface area contributed by atoms with Crippen LogP contribution >= 0.6 is 0 Å². The van der Waals surface area contributed by atoms with E-state index in [1.165, 1.54) is 14.0 Å². The molecule has 2 aromatic carbocycles. The summed E-state index contributed by atoms with van der Waals surface area (Å²) in [5.41, 5.74) is -0.0364. The second-order valence-electron chi connectivity index (χ2n) is 8.36. The molecule has 2 atom stereocenters. The Hall–Kier alpha value is -2.88. The number of carbonyl (C=O) groups excluding carboxylic acids is 1. The molecule has 0 radical (unpaired) electrons. The van der Waals surface area contributed by atoms with Gasteiger partial charge in [0.1, 0.15) is 23.1 Å². The van der Waals surface area contributed by atoms with E-state index in [9.17, 15) is 22.0 Å². The molecule has 1 N–H and O–H groups in total. The van der Waals surface area contributed by atoms with E-state index in [1.807, 2.05) is 13.8 Å². The molecule has 0 aromatic heterocycles. The summed E-state index contributed by atoms with van der Waals surface area (Å²) < 4.78 is 64.0. The predicted octanol–water partition coefficient (Wildman–Crippen LogP) is 3.55. The van der Waals surface area contributed by atoms with Crippen LogP contribution in [0.2, 0.25) is 0 Å². The molecular weight excluding hydrogens is 442 g/mol. The number of benzene rings is 2. The average Bonchev–Trinajstić information content (AvgIpc) is 2.68. The van der Waals surface area contributed by atoms with Crippen LogP contribution in [0, 0.1) is 11.6 Å². The summed E-state index contributed by atoms with van der Waals surface area (Å²) in [6.07, 6.45) is 1.32. The molecule has 0 aliphatic carbocycles. The number of amides is 1. The fraction of sp³-hybridized carbons (Fsp3) is 0.409. The van der Waals surface area contributed by atoms with Gasteiger partial charge in [-0.05, 0) is 51.1 Å².